The van der Waals surface area contributed by atoms with Crippen LogP contribution in [0.15, 0.2) is 30.3 Å². The first-order chi connectivity index (χ1) is 17.6. The van der Waals surface area contributed by atoms with Crippen LogP contribution >= 0.6 is 7.82 Å². The standard InChI is InChI=1S/C28H43O8P/c1-18(17-34-22-8-4-3-5-9-22)13-19(2)28-24(26(16-25(28)29)36-37(31,32)33)15-21-14-20(21)7-6-10-27(30)35-23-11-12-23/h3-5,8-9,18-21,23-26,28-29H,6-7,10-17H2,1-2H3,(H2,31,32,33)/t18-,19+,20?,21+,24+,25-,26+,28-/m1/s1. The molecule has 0 amide bonds. The molecule has 0 heterocycles. The van der Waals surface area contributed by atoms with Crippen molar-refractivity contribution >= 4 is 13.8 Å². The highest BCUT2D eigenvalue weighted by molar-refractivity contribution is 7.46. The van der Waals surface area contributed by atoms with Gasteiger partial charge in [-0.2, -0.15) is 0 Å². The van der Waals surface area contributed by atoms with E-state index in [1.54, 1.807) is 0 Å². The summed E-state index contributed by atoms with van der Waals surface area (Å²) in [6.07, 6.45) is 5.93. The summed E-state index contributed by atoms with van der Waals surface area (Å²) in [6, 6.07) is 9.68. The van der Waals surface area contributed by atoms with E-state index in [0.717, 1.165) is 50.7 Å². The van der Waals surface area contributed by atoms with Crippen molar-refractivity contribution in [1.82, 2.24) is 0 Å². The van der Waals surface area contributed by atoms with E-state index in [4.69, 9.17) is 14.0 Å². The van der Waals surface area contributed by atoms with Crippen LogP contribution in [-0.2, 0) is 18.6 Å². The van der Waals surface area contributed by atoms with Crippen molar-refractivity contribution in [3.05, 3.63) is 30.3 Å². The van der Waals surface area contributed by atoms with Crippen LogP contribution in [0.2, 0.25) is 0 Å². The molecule has 1 aromatic rings. The van der Waals surface area contributed by atoms with Crippen LogP contribution in [0.3, 0.4) is 0 Å². The molecule has 0 radical (unpaired) electrons. The molecule has 8 nitrogen and oxygen atoms in total. The first kappa shape index (κ1) is 28.6. The van der Waals surface area contributed by atoms with Crippen LogP contribution in [0.5, 0.6) is 5.75 Å². The van der Waals surface area contributed by atoms with Crippen LogP contribution in [-0.4, -0.2) is 45.8 Å². The molecule has 3 N–H and O–H groups in total. The zero-order valence-electron chi connectivity index (χ0n) is 22.0. The predicted molar refractivity (Wildman–Crippen MR) is 139 cm³/mol. The van der Waals surface area contributed by atoms with Crippen molar-refractivity contribution in [1.29, 1.82) is 0 Å². The van der Waals surface area contributed by atoms with E-state index in [1.807, 2.05) is 30.3 Å². The summed E-state index contributed by atoms with van der Waals surface area (Å²) in [5.41, 5.74) is 0. The first-order valence-electron chi connectivity index (χ1n) is 13.9. The van der Waals surface area contributed by atoms with Gasteiger partial charge in [0.05, 0.1) is 18.8 Å². The number of para-hydroxylation sites is 1. The Bertz CT molecular complexity index is 916. The Hall–Kier alpha value is -1.44. The number of hydrogen-bond acceptors (Lipinski definition) is 6. The average Bonchev–Trinajstić information content (AvgIpc) is 3.74. The molecular weight excluding hydrogens is 495 g/mol. The molecule has 0 spiro atoms. The maximum absolute atomic E-state index is 11.9. The Morgan fingerprint density at radius 2 is 1.84 bits per heavy atom. The van der Waals surface area contributed by atoms with Crippen molar-refractivity contribution in [2.75, 3.05) is 6.61 Å². The highest BCUT2D eigenvalue weighted by Gasteiger charge is 2.51. The zero-order valence-corrected chi connectivity index (χ0v) is 22.9. The second-order valence-electron chi connectivity index (χ2n) is 11.7. The van der Waals surface area contributed by atoms with Crippen molar-refractivity contribution in [3.8, 4) is 5.75 Å². The summed E-state index contributed by atoms with van der Waals surface area (Å²) in [6.45, 7) is 4.82. The van der Waals surface area contributed by atoms with Crippen molar-refractivity contribution < 1.29 is 38.3 Å². The molecule has 208 valence electrons. The molecule has 3 aliphatic rings. The Morgan fingerprint density at radius 1 is 1.11 bits per heavy atom. The van der Waals surface area contributed by atoms with Gasteiger partial charge in [0.2, 0.25) is 0 Å². The second-order valence-corrected chi connectivity index (χ2v) is 12.9. The lowest BCUT2D eigenvalue weighted by Crippen LogP contribution is -2.31. The molecule has 3 saturated carbocycles. The third-order valence-corrected chi connectivity index (χ3v) is 8.84. The van der Waals surface area contributed by atoms with Crippen molar-refractivity contribution in [3.63, 3.8) is 0 Å². The molecule has 4 rings (SSSR count). The zero-order chi connectivity index (χ0) is 26.6. The molecule has 8 atom stereocenters. The molecule has 1 unspecified atom stereocenters. The van der Waals surface area contributed by atoms with Gasteiger partial charge >= 0.3 is 13.8 Å². The highest BCUT2D eigenvalue weighted by Crippen LogP contribution is 2.54. The lowest BCUT2D eigenvalue weighted by molar-refractivity contribution is -0.145. The van der Waals surface area contributed by atoms with E-state index in [0.29, 0.717) is 24.9 Å². The van der Waals surface area contributed by atoms with E-state index < -0.39 is 20.0 Å². The fraction of sp³-hybridized carbons (Fsp3) is 0.750. The molecular formula is C28H43O8P. The maximum Gasteiger partial charge on any atom is 0.469 e. The van der Waals surface area contributed by atoms with E-state index in [2.05, 4.69) is 13.8 Å². The SMILES string of the molecule is C[C@@H](COc1ccccc1)C[C@H](C)[C@@H]1[C@@H](C[C@@H]2CC2CCCC(=O)OC2CC2)[C@@H](OP(=O)(O)O)C[C@H]1O. The largest absolute Gasteiger partial charge is 0.493 e. The normalized spacial score (nSPS) is 31.1. The topological polar surface area (TPSA) is 123 Å². The smallest absolute Gasteiger partial charge is 0.469 e. The Labute approximate surface area is 220 Å². The van der Waals surface area contributed by atoms with Crippen LogP contribution in [0.25, 0.3) is 0 Å². The number of esters is 1. The summed E-state index contributed by atoms with van der Waals surface area (Å²) in [5.74, 6) is 1.87. The fourth-order valence-corrected chi connectivity index (χ4v) is 6.96. The third kappa shape index (κ3) is 9.07. The number of phosphoric acid groups is 1. The van der Waals surface area contributed by atoms with Gasteiger partial charge in [-0.05, 0) is 92.6 Å². The van der Waals surface area contributed by atoms with Gasteiger partial charge in [-0.15, -0.1) is 0 Å². The van der Waals surface area contributed by atoms with E-state index in [-0.39, 0.29) is 42.2 Å². The van der Waals surface area contributed by atoms with Crippen molar-refractivity contribution in [2.24, 2.45) is 35.5 Å². The Kier molecular flexibility index (Phi) is 9.73. The maximum atomic E-state index is 11.9. The summed E-state index contributed by atoms with van der Waals surface area (Å²) in [5, 5.41) is 11.0. The van der Waals surface area contributed by atoms with E-state index in [9.17, 15) is 24.3 Å². The average molecular weight is 539 g/mol. The minimum Gasteiger partial charge on any atom is -0.493 e. The van der Waals surface area contributed by atoms with Crippen LogP contribution in [0, 0.1) is 35.5 Å². The fourth-order valence-electron chi connectivity index (χ4n) is 6.37. The van der Waals surface area contributed by atoms with Crippen LogP contribution in [0.1, 0.15) is 71.6 Å². The number of aliphatic hydroxyl groups is 1. The number of aliphatic hydroxyl groups excluding tert-OH is 1. The molecule has 0 aliphatic heterocycles. The predicted octanol–water partition coefficient (Wildman–Crippen LogP) is 5.10. The third-order valence-electron chi connectivity index (χ3n) is 8.29. The molecule has 0 aromatic heterocycles. The molecule has 0 saturated heterocycles. The minimum absolute atomic E-state index is 0.0921. The number of rotatable bonds is 15. The molecule has 1 aromatic carbocycles. The number of carbonyl (C=O) groups excluding carboxylic acids is 1. The van der Waals surface area contributed by atoms with E-state index >= 15 is 0 Å². The summed E-state index contributed by atoms with van der Waals surface area (Å²) in [7, 11) is -4.66. The molecule has 3 fully saturated rings. The Balaban J connectivity index is 1.29. The number of carbonyl (C=O) groups is 1. The quantitative estimate of drug-likeness (QED) is 0.208. The van der Waals surface area contributed by atoms with E-state index in [1.165, 1.54) is 0 Å². The number of ether oxygens (including phenoxy) is 2. The summed E-state index contributed by atoms with van der Waals surface area (Å²) in [4.78, 5) is 30.9. The van der Waals surface area contributed by atoms with Crippen LogP contribution in [0.4, 0.5) is 0 Å². The van der Waals surface area contributed by atoms with Gasteiger partial charge in [0, 0.05) is 12.8 Å². The molecule has 0 bridgehead atoms. The molecule has 3 aliphatic carbocycles. The lowest BCUT2D eigenvalue weighted by Gasteiger charge is -2.32. The van der Waals surface area contributed by atoms with Gasteiger partial charge in [-0.1, -0.05) is 32.0 Å². The number of phosphoric ester groups is 1. The minimum atomic E-state index is -4.66. The molecule has 37 heavy (non-hydrogen) atoms. The van der Waals surface area contributed by atoms with Gasteiger partial charge in [-0.3, -0.25) is 9.32 Å². The van der Waals surface area contributed by atoms with Gasteiger partial charge in [0.1, 0.15) is 11.9 Å². The van der Waals surface area contributed by atoms with Gasteiger partial charge < -0.3 is 24.4 Å². The van der Waals surface area contributed by atoms with Gasteiger partial charge in [-0.25, -0.2) is 4.57 Å². The van der Waals surface area contributed by atoms with Crippen LogP contribution < -0.4 is 4.74 Å². The highest BCUT2D eigenvalue weighted by atomic mass is 31.2. The van der Waals surface area contributed by atoms with Crippen molar-refractivity contribution in [2.45, 2.75) is 89.9 Å². The van der Waals surface area contributed by atoms with Gasteiger partial charge in [0.25, 0.3) is 0 Å². The number of benzene rings is 1. The summed E-state index contributed by atoms with van der Waals surface area (Å²) >= 11 is 0. The first-order valence-corrected chi connectivity index (χ1v) is 15.4. The summed E-state index contributed by atoms with van der Waals surface area (Å²) < 4.78 is 28.1. The molecule has 9 heteroatoms. The monoisotopic (exact) mass is 538 g/mol. The second kappa shape index (κ2) is 12.6. The number of hydrogen-bond donors (Lipinski definition) is 3. The Morgan fingerprint density at radius 3 is 2.51 bits per heavy atom. The lowest BCUT2D eigenvalue weighted by atomic mass is 9.77. The van der Waals surface area contributed by atoms with Gasteiger partial charge in [0.15, 0.2) is 0 Å².